The molecule has 118 valence electrons. The molecule has 0 aliphatic carbocycles. The Morgan fingerprint density at radius 1 is 1.05 bits per heavy atom. The zero-order chi connectivity index (χ0) is 16.3. The minimum atomic E-state index is -3.77. The molecule has 2 aromatic rings. The van der Waals surface area contributed by atoms with Gasteiger partial charge >= 0.3 is 0 Å². The predicted octanol–water partition coefficient (Wildman–Crippen LogP) is 3.79. The molecule has 0 saturated carbocycles. The highest BCUT2D eigenvalue weighted by atomic mass is 35.5. The van der Waals surface area contributed by atoms with Crippen molar-refractivity contribution in [1.82, 2.24) is 4.72 Å². The molecule has 0 spiro atoms. The molecule has 0 radical (unpaired) electrons. The van der Waals surface area contributed by atoms with Crippen molar-refractivity contribution < 1.29 is 13.2 Å². The molecule has 0 heterocycles. The third-order valence-corrected chi connectivity index (χ3v) is 5.53. The molecule has 0 atom stereocenters. The summed E-state index contributed by atoms with van der Waals surface area (Å²) in [6.07, 6.45) is 0. The Balaban J connectivity index is 2.24. The summed E-state index contributed by atoms with van der Waals surface area (Å²) in [6, 6.07) is 10.4. The number of halogens is 2. The number of aryl methyl sites for hydroxylation is 1. The fraction of sp³-hybridized carbons (Fsp3) is 0.200. The first kappa shape index (κ1) is 17.1. The lowest BCUT2D eigenvalue weighted by atomic mass is 10.2. The SMILES string of the molecule is COc1ccc(S(=O)(=O)NCc2ccc(C)cc2)c(Cl)c1Cl. The molecule has 7 heteroatoms. The normalized spacial score (nSPS) is 11.5. The smallest absolute Gasteiger partial charge is 0.242 e. The van der Waals surface area contributed by atoms with Gasteiger partial charge in [-0.3, -0.25) is 0 Å². The maximum Gasteiger partial charge on any atom is 0.242 e. The third-order valence-electron chi connectivity index (χ3n) is 3.11. The van der Waals surface area contributed by atoms with Crippen molar-refractivity contribution in [3.05, 3.63) is 57.6 Å². The topological polar surface area (TPSA) is 55.4 Å². The first-order valence-electron chi connectivity index (χ1n) is 6.42. The van der Waals surface area contributed by atoms with Gasteiger partial charge in [0.25, 0.3) is 0 Å². The first-order valence-corrected chi connectivity index (χ1v) is 8.66. The predicted molar refractivity (Wildman–Crippen MR) is 88.2 cm³/mol. The fourth-order valence-electron chi connectivity index (χ4n) is 1.84. The van der Waals surface area contributed by atoms with E-state index in [9.17, 15) is 8.42 Å². The number of benzene rings is 2. The van der Waals surface area contributed by atoms with Gasteiger partial charge in [-0.2, -0.15) is 0 Å². The highest BCUT2D eigenvalue weighted by Gasteiger charge is 2.21. The summed E-state index contributed by atoms with van der Waals surface area (Å²) in [5.74, 6) is 0.323. The molecule has 0 aliphatic heterocycles. The van der Waals surface area contributed by atoms with Crippen molar-refractivity contribution >= 4 is 33.2 Å². The monoisotopic (exact) mass is 359 g/mol. The van der Waals surface area contributed by atoms with Gasteiger partial charge in [0.15, 0.2) is 0 Å². The molecule has 0 saturated heterocycles. The van der Waals surface area contributed by atoms with Crippen LogP contribution in [0.15, 0.2) is 41.3 Å². The van der Waals surface area contributed by atoms with Crippen LogP contribution in [0.2, 0.25) is 10.0 Å². The summed E-state index contributed by atoms with van der Waals surface area (Å²) in [5.41, 5.74) is 1.96. The number of sulfonamides is 1. The average Bonchev–Trinajstić information content (AvgIpc) is 2.49. The molecule has 2 aromatic carbocycles. The van der Waals surface area contributed by atoms with E-state index in [0.717, 1.165) is 11.1 Å². The van der Waals surface area contributed by atoms with Crippen molar-refractivity contribution in [3.63, 3.8) is 0 Å². The van der Waals surface area contributed by atoms with E-state index in [-0.39, 0.29) is 21.5 Å². The Bertz CT molecular complexity index is 774. The standard InChI is InChI=1S/C15H15Cl2NO3S/c1-10-3-5-11(6-4-10)9-18-22(19,20)13-8-7-12(21-2)14(16)15(13)17/h3-8,18H,9H2,1-2H3. The van der Waals surface area contributed by atoms with E-state index < -0.39 is 10.0 Å². The summed E-state index contributed by atoms with van der Waals surface area (Å²) >= 11 is 12.0. The molecular formula is C15H15Cl2NO3S. The Labute approximate surface area is 140 Å². The molecule has 0 fully saturated rings. The van der Waals surface area contributed by atoms with Gasteiger partial charge in [0.05, 0.1) is 12.1 Å². The first-order chi connectivity index (χ1) is 10.3. The number of rotatable bonds is 5. The second-order valence-corrected chi connectivity index (χ2v) is 7.20. The van der Waals surface area contributed by atoms with Crippen LogP contribution < -0.4 is 9.46 Å². The molecular weight excluding hydrogens is 345 g/mol. The van der Waals surface area contributed by atoms with Gasteiger partial charge in [-0.05, 0) is 24.6 Å². The van der Waals surface area contributed by atoms with Crippen molar-refractivity contribution in [1.29, 1.82) is 0 Å². The summed E-state index contributed by atoms with van der Waals surface area (Å²) in [4.78, 5) is -0.0768. The van der Waals surface area contributed by atoms with Gasteiger partial charge in [0, 0.05) is 6.54 Å². The van der Waals surface area contributed by atoms with Crippen LogP contribution in [0, 0.1) is 6.92 Å². The summed E-state index contributed by atoms with van der Waals surface area (Å²) in [5, 5.41) is 0.0137. The highest BCUT2D eigenvalue weighted by Crippen LogP contribution is 2.36. The van der Waals surface area contributed by atoms with E-state index >= 15 is 0 Å². The Hall–Kier alpha value is -1.27. The zero-order valence-electron chi connectivity index (χ0n) is 12.1. The van der Waals surface area contributed by atoms with E-state index in [2.05, 4.69) is 4.72 Å². The maximum absolute atomic E-state index is 12.4. The van der Waals surface area contributed by atoms with Crippen molar-refractivity contribution in [2.24, 2.45) is 0 Å². The van der Waals surface area contributed by atoms with Gasteiger partial charge < -0.3 is 4.74 Å². The third kappa shape index (κ3) is 3.73. The van der Waals surface area contributed by atoms with Crippen LogP contribution in [0.4, 0.5) is 0 Å². The molecule has 4 nitrogen and oxygen atoms in total. The molecule has 0 unspecified atom stereocenters. The van der Waals surface area contributed by atoms with Crippen LogP contribution >= 0.6 is 23.2 Å². The molecule has 0 bridgehead atoms. The minimum Gasteiger partial charge on any atom is -0.495 e. The molecule has 0 aromatic heterocycles. The van der Waals surface area contributed by atoms with Gasteiger partial charge in [-0.15, -0.1) is 0 Å². The lowest BCUT2D eigenvalue weighted by molar-refractivity contribution is 0.414. The molecule has 1 N–H and O–H groups in total. The quantitative estimate of drug-likeness (QED) is 0.883. The molecule has 0 amide bonds. The van der Waals surface area contributed by atoms with Crippen LogP contribution in [0.5, 0.6) is 5.75 Å². The van der Waals surface area contributed by atoms with Gasteiger partial charge in [0.2, 0.25) is 10.0 Å². The van der Waals surface area contributed by atoms with Crippen LogP contribution in [0.25, 0.3) is 0 Å². The largest absolute Gasteiger partial charge is 0.495 e. The van der Waals surface area contributed by atoms with Crippen LogP contribution in [-0.4, -0.2) is 15.5 Å². The Morgan fingerprint density at radius 2 is 1.68 bits per heavy atom. The van der Waals surface area contributed by atoms with Crippen LogP contribution in [0.3, 0.4) is 0 Å². The summed E-state index contributed by atoms with van der Waals surface area (Å²) in [6.45, 7) is 2.13. The van der Waals surface area contributed by atoms with E-state index in [0.29, 0.717) is 5.75 Å². The van der Waals surface area contributed by atoms with Crippen molar-refractivity contribution in [3.8, 4) is 5.75 Å². The van der Waals surface area contributed by atoms with Crippen molar-refractivity contribution in [2.75, 3.05) is 7.11 Å². The Kier molecular flexibility index (Phi) is 5.34. The number of methoxy groups -OCH3 is 1. The second kappa shape index (κ2) is 6.87. The van der Waals surface area contributed by atoms with E-state index in [1.54, 1.807) is 0 Å². The minimum absolute atomic E-state index is 0.0579. The zero-order valence-corrected chi connectivity index (χ0v) is 14.4. The molecule has 22 heavy (non-hydrogen) atoms. The summed E-state index contributed by atoms with van der Waals surface area (Å²) in [7, 11) is -2.34. The van der Waals surface area contributed by atoms with Gasteiger partial charge in [-0.25, -0.2) is 13.1 Å². The fourth-order valence-corrected chi connectivity index (χ4v) is 3.70. The van der Waals surface area contributed by atoms with Crippen molar-refractivity contribution in [2.45, 2.75) is 18.4 Å². The molecule has 2 rings (SSSR count). The number of hydrogen-bond acceptors (Lipinski definition) is 3. The number of ether oxygens (including phenoxy) is 1. The summed E-state index contributed by atoms with van der Waals surface area (Å²) < 4.78 is 32.2. The van der Waals surface area contributed by atoms with Crippen LogP contribution in [0.1, 0.15) is 11.1 Å². The van der Waals surface area contributed by atoms with Crippen LogP contribution in [-0.2, 0) is 16.6 Å². The second-order valence-electron chi connectivity index (χ2n) is 4.70. The maximum atomic E-state index is 12.4. The van der Waals surface area contributed by atoms with E-state index in [1.165, 1.54) is 19.2 Å². The average molecular weight is 360 g/mol. The highest BCUT2D eigenvalue weighted by molar-refractivity contribution is 7.89. The van der Waals surface area contributed by atoms with E-state index in [1.807, 2.05) is 31.2 Å². The lowest BCUT2D eigenvalue weighted by Gasteiger charge is -2.11. The number of hydrogen-bond donors (Lipinski definition) is 1. The van der Waals surface area contributed by atoms with Gasteiger partial charge in [0.1, 0.15) is 15.7 Å². The van der Waals surface area contributed by atoms with Gasteiger partial charge in [-0.1, -0.05) is 53.0 Å². The lowest BCUT2D eigenvalue weighted by Crippen LogP contribution is -2.23. The molecule has 0 aliphatic rings. The Morgan fingerprint density at radius 3 is 2.27 bits per heavy atom. The number of nitrogens with one attached hydrogen (secondary N) is 1. The van der Waals surface area contributed by atoms with E-state index in [4.69, 9.17) is 27.9 Å².